The lowest BCUT2D eigenvalue weighted by molar-refractivity contribution is -0.118. The van der Waals surface area contributed by atoms with Gasteiger partial charge in [0.1, 0.15) is 0 Å². The summed E-state index contributed by atoms with van der Waals surface area (Å²) in [6.07, 6.45) is 0.396. The van der Waals surface area contributed by atoms with Gasteiger partial charge < -0.3 is 4.90 Å². The minimum Gasteiger partial charge on any atom is -0.302 e. The second-order valence-electron chi connectivity index (χ2n) is 7.09. The van der Waals surface area contributed by atoms with Crippen LogP contribution in [-0.2, 0) is 11.2 Å². The number of fused-ring (bicyclic) bond motifs is 1. The molecular formula is C23H30ClN3OS. The first-order chi connectivity index (χ1) is 13.5. The number of thiazole rings is 1. The highest BCUT2D eigenvalue weighted by Crippen LogP contribution is 2.32. The maximum absolute atomic E-state index is 13.2. The maximum Gasteiger partial charge on any atom is 0.233 e. The average Bonchev–Trinajstić information content (AvgIpc) is 3.13. The molecule has 2 aromatic carbocycles. The van der Waals surface area contributed by atoms with E-state index in [1.807, 2.05) is 35.2 Å². The lowest BCUT2D eigenvalue weighted by Crippen LogP contribution is -2.39. The van der Waals surface area contributed by atoms with E-state index in [0.717, 1.165) is 40.5 Å². The molecule has 0 aliphatic heterocycles. The topological polar surface area (TPSA) is 36.4 Å². The predicted molar refractivity (Wildman–Crippen MR) is 127 cm³/mol. The van der Waals surface area contributed by atoms with Gasteiger partial charge in [-0.25, -0.2) is 4.98 Å². The van der Waals surface area contributed by atoms with Gasteiger partial charge in [-0.15, -0.1) is 12.4 Å². The summed E-state index contributed by atoms with van der Waals surface area (Å²) in [4.78, 5) is 22.3. The number of carbonyl (C=O) groups is 1. The van der Waals surface area contributed by atoms with Crippen molar-refractivity contribution >= 4 is 45.0 Å². The molecule has 3 rings (SSSR count). The third-order valence-corrected chi connectivity index (χ3v) is 6.38. The Hall–Kier alpha value is -1.95. The molecular weight excluding hydrogens is 402 g/mol. The zero-order chi connectivity index (χ0) is 20.1. The molecule has 0 saturated carbocycles. The molecule has 3 aromatic rings. The Bertz CT molecular complexity index is 938. The Morgan fingerprint density at radius 2 is 1.69 bits per heavy atom. The number of aryl methyl sites for hydroxylation is 2. The van der Waals surface area contributed by atoms with E-state index in [1.54, 1.807) is 11.3 Å². The zero-order valence-corrected chi connectivity index (χ0v) is 19.3. The number of nitrogens with zero attached hydrogens (tertiary/aromatic N) is 3. The number of anilines is 1. The Labute approximate surface area is 184 Å². The van der Waals surface area contributed by atoms with Crippen LogP contribution in [0.25, 0.3) is 10.2 Å². The smallest absolute Gasteiger partial charge is 0.233 e. The van der Waals surface area contributed by atoms with Crippen LogP contribution in [0, 0.1) is 13.8 Å². The van der Waals surface area contributed by atoms with Crippen LogP contribution in [0.5, 0.6) is 0 Å². The molecule has 0 radical (unpaired) electrons. The van der Waals surface area contributed by atoms with Crippen molar-refractivity contribution in [3.63, 3.8) is 0 Å². The van der Waals surface area contributed by atoms with Gasteiger partial charge in [0.15, 0.2) is 5.13 Å². The number of hydrogen-bond donors (Lipinski definition) is 0. The van der Waals surface area contributed by atoms with Gasteiger partial charge in [-0.2, -0.15) is 0 Å². The number of aromatic nitrogens is 1. The molecule has 1 amide bonds. The molecule has 1 aromatic heterocycles. The van der Waals surface area contributed by atoms with Crippen LogP contribution in [0.3, 0.4) is 0 Å². The van der Waals surface area contributed by atoms with E-state index < -0.39 is 0 Å². The molecule has 0 unspecified atom stereocenters. The predicted octanol–water partition coefficient (Wildman–Crippen LogP) is 5.25. The van der Waals surface area contributed by atoms with E-state index >= 15 is 0 Å². The van der Waals surface area contributed by atoms with Crippen molar-refractivity contribution in [1.82, 2.24) is 9.88 Å². The minimum absolute atomic E-state index is 0. The summed E-state index contributed by atoms with van der Waals surface area (Å²) < 4.78 is 1.14. The van der Waals surface area contributed by atoms with Gasteiger partial charge in [0.2, 0.25) is 5.91 Å². The number of rotatable bonds is 8. The SMILES string of the molecule is CCN(CC)CCN(C(=O)Cc1ccccc1)c1nc2c(C)c(C)ccc2s1.Cl. The standard InChI is InChI=1S/C23H29N3OS.ClH/c1-5-25(6-2)14-15-26(21(27)16-19-10-8-7-9-11-19)23-24-22-18(4)17(3)12-13-20(22)28-23;/h7-13H,5-6,14-16H2,1-4H3;1H. The normalized spacial score (nSPS) is 10.9. The highest BCUT2D eigenvalue weighted by molar-refractivity contribution is 7.22. The molecule has 156 valence electrons. The molecule has 0 aliphatic rings. The van der Waals surface area contributed by atoms with Crippen LogP contribution in [0.1, 0.15) is 30.5 Å². The van der Waals surface area contributed by atoms with Gasteiger partial charge in [0, 0.05) is 13.1 Å². The van der Waals surface area contributed by atoms with Crippen molar-refractivity contribution in [3.05, 3.63) is 59.2 Å². The first kappa shape index (κ1) is 23.3. The lowest BCUT2D eigenvalue weighted by atomic mass is 10.1. The summed E-state index contributed by atoms with van der Waals surface area (Å²) in [6, 6.07) is 14.2. The third kappa shape index (κ3) is 5.56. The fourth-order valence-electron chi connectivity index (χ4n) is 3.30. The summed E-state index contributed by atoms with van der Waals surface area (Å²) in [6.45, 7) is 12.0. The Balaban J connectivity index is 0.00000300. The Morgan fingerprint density at radius 1 is 1.00 bits per heavy atom. The highest BCUT2D eigenvalue weighted by atomic mass is 35.5. The first-order valence-corrected chi connectivity index (χ1v) is 10.8. The molecule has 1 heterocycles. The number of benzene rings is 2. The van der Waals surface area contributed by atoms with Gasteiger partial charge in [0.25, 0.3) is 0 Å². The molecule has 0 fully saturated rings. The van der Waals surface area contributed by atoms with Crippen molar-refractivity contribution in [2.24, 2.45) is 0 Å². The molecule has 0 aliphatic carbocycles. The average molecular weight is 432 g/mol. The van der Waals surface area contributed by atoms with Crippen LogP contribution in [0.15, 0.2) is 42.5 Å². The summed E-state index contributed by atoms with van der Waals surface area (Å²) in [5, 5.41) is 0.803. The van der Waals surface area contributed by atoms with Crippen molar-refractivity contribution < 1.29 is 4.79 Å². The van der Waals surface area contributed by atoms with Crippen LogP contribution in [0.4, 0.5) is 5.13 Å². The second-order valence-corrected chi connectivity index (χ2v) is 8.09. The molecule has 0 spiro atoms. The van der Waals surface area contributed by atoms with Crippen LogP contribution in [-0.4, -0.2) is 42.0 Å². The summed E-state index contributed by atoms with van der Waals surface area (Å²) >= 11 is 1.61. The fraction of sp³-hybridized carbons (Fsp3) is 0.391. The molecule has 0 saturated heterocycles. The van der Waals surface area contributed by atoms with Crippen molar-refractivity contribution in [1.29, 1.82) is 0 Å². The third-order valence-electron chi connectivity index (χ3n) is 5.34. The summed E-state index contributed by atoms with van der Waals surface area (Å²) in [5.74, 6) is 0.104. The Morgan fingerprint density at radius 3 is 2.34 bits per heavy atom. The van der Waals surface area contributed by atoms with E-state index in [4.69, 9.17) is 4.98 Å². The quantitative estimate of drug-likeness (QED) is 0.488. The molecule has 6 heteroatoms. The maximum atomic E-state index is 13.2. The molecule has 0 atom stereocenters. The van der Waals surface area contributed by atoms with Gasteiger partial charge in [-0.3, -0.25) is 9.69 Å². The summed E-state index contributed by atoms with van der Waals surface area (Å²) in [5.41, 5.74) is 4.47. The molecule has 0 bridgehead atoms. The van der Waals surface area contributed by atoms with Gasteiger partial charge >= 0.3 is 0 Å². The lowest BCUT2D eigenvalue weighted by Gasteiger charge is -2.24. The fourth-order valence-corrected chi connectivity index (χ4v) is 4.37. The van der Waals surface area contributed by atoms with Crippen molar-refractivity contribution in [3.8, 4) is 0 Å². The van der Waals surface area contributed by atoms with E-state index in [9.17, 15) is 4.79 Å². The van der Waals surface area contributed by atoms with Crippen LogP contribution >= 0.6 is 23.7 Å². The van der Waals surface area contributed by atoms with E-state index in [2.05, 4.69) is 44.7 Å². The molecule has 4 nitrogen and oxygen atoms in total. The number of amides is 1. The summed E-state index contributed by atoms with van der Waals surface area (Å²) in [7, 11) is 0. The van der Waals surface area contributed by atoms with Gasteiger partial charge in [-0.1, -0.05) is 61.6 Å². The second kappa shape index (κ2) is 10.7. The van der Waals surface area contributed by atoms with E-state index in [1.165, 1.54) is 11.1 Å². The number of carbonyl (C=O) groups excluding carboxylic acids is 1. The van der Waals surface area contributed by atoms with Crippen molar-refractivity contribution in [2.45, 2.75) is 34.1 Å². The van der Waals surface area contributed by atoms with Crippen LogP contribution in [0.2, 0.25) is 0 Å². The van der Waals surface area contributed by atoms with Gasteiger partial charge in [0.05, 0.1) is 16.6 Å². The number of halogens is 1. The minimum atomic E-state index is 0. The monoisotopic (exact) mass is 431 g/mol. The van der Waals surface area contributed by atoms with Crippen molar-refractivity contribution in [2.75, 3.05) is 31.1 Å². The van der Waals surface area contributed by atoms with Crippen LogP contribution < -0.4 is 4.90 Å². The Kier molecular flexibility index (Phi) is 8.62. The van der Waals surface area contributed by atoms with E-state index in [-0.39, 0.29) is 18.3 Å². The number of likely N-dealkylation sites (N-methyl/N-ethyl adjacent to an activating group) is 1. The first-order valence-electron chi connectivity index (χ1n) is 9.96. The highest BCUT2D eigenvalue weighted by Gasteiger charge is 2.21. The molecule has 0 N–H and O–H groups in total. The van der Waals surface area contributed by atoms with Gasteiger partial charge in [-0.05, 0) is 49.7 Å². The number of hydrogen-bond acceptors (Lipinski definition) is 4. The zero-order valence-electron chi connectivity index (χ0n) is 17.6. The van der Waals surface area contributed by atoms with E-state index in [0.29, 0.717) is 13.0 Å². The largest absolute Gasteiger partial charge is 0.302 e. The molecule has 29 heavy (non-hydrogen) atoms.